The van der Waals surface area contributed by atoms with Crippen LogP contribution in [0.1, 0.15) is 44.2 Å². The van der Waals surface area contributed by atoms with Gasteiger partial charge in [-0.3, -0.25) is 14.3 Å². The summed E-state index contributed by atoms with van der Waals surface area (Å²) in [6.07, 6.45) is 1.42. The van der Waals surface area contributed by atoms with Crippen molar-refractivity contribution in [3.63, 3.8) is 0 Å². The Balaban J connectivity index is 1.31. The summed E-state index contributed by atoms with van der Waals surface area (Å²) < 4.78 is 14.6. The zero-order valence-electron chi connectivity index (χ0n) is 20.5. The molecule has 10 heteroatoms. The maximum Gasteiger partial charge on any atom is 0.287 e. The molecule has 0 atom stereocenters. The molecule has 2 aromatic carbocycles. The van der Waals surface area contributed by atoms with Crippen LogP contribution in [0.4, 0.5) is 0 Å². The predicted molar refractivity (Wildman–Crippen MR) is 152 cm³/mol. The maximum absolute atomic E-state index is 13.0. The Hall–Kier alpha value is -2.88. The topological polar surface area (TPSA) is 96.4 Å². The van der Waals surface area contributed by atoms with Crippen molar-refractivity contribution < 1.29 is 18.7 Å². The van der Waals surface area contributed by atoms with Crippen LogP contribution in [-0.4, -0.2) is 35.7 Å². The molecule has 2 amide bonds. The van der Waals surface area contributed by atoms with Gasteiger partial charge in [-0.1, -0.05) is 29.8 Å². The van der Waals surface area contributed by atoms with Gasteiger partial charge in [-0.2, -0.15) is 0 Å². The van der Waals surface area contributed by atoms with E-state index in [0.717, 1.165) is 44.8 Å². The lowest BCUT2D eigenvalue weighted by atomic mass is 10.1. The van der Waals surface area contributed by atoms with E-state index in [2.05, 4.69) is 31.0 Å². The molecule has 4 aromatic rings. The van der Waals surface area contributed by atoms with Crippen LogP contribution in [0.3, 0.4) is 0 Å². The van der Waals surface area contributed by atoms with Crippen LogP contribution >= 0.6 is 39.5 Å². The van der Waals surface area contributed by atoms with Gasteiger partial charge < -0.3 is 19.5 Å². The van der Waals surface area contributed by atoms with Crippen molar-refractivity contribution in [2.24, 2.45) is 0 Å². The monoisotopic (exact) mass is 603 g/mol. The third kappa shape index (κ3) is 6.91. The molecular weight excluding hydrogens is 578 g/mol. The molecule has 0 saturated carbocycles. The Morgan fingerprint density at radius 1 is 1.11 bits per heavy atom. The van der Waals surface area contributed by atoms with E-state index in [4.69, 9.17) is 20.8 Å². The molecule has 0 aliphatic rings. The van der Waals surface area contributed by atoms with Crippen LogP contribution in [0, 0.1) is 13.8 Å². The number of carbonyl (C=O) groups is 2. The van der Waals surface area contributed by atoms with E-state index in [0.29, 0.717) is 35.7 Å². The largest absolute Gasteiger partial charge is 0.494 e. The lowest BCUT2D eigenvalue weighted by Gasteiger charge is -2.10. The summed E-state index contributed by atoms with van der Waals surface area (Å²) in [4.78, 5) is 28.3. The fourth-order valence-electron chi connectivity index (χ4n) is 3.99. The fourth-order valence-corrected chi connectivity index (χ4v) is 4.94. The Kier molecular flexibility index (Phi) is 9.23. The highest BCUT2D eigenvalue weighted by molar-refractivity contribution is 9.10. The van der Waals surface area contributed by atoms with Crippen molar-refractivity contribution >= 4 is 62.2 Å². The molecule has 0 fully saturated rings. The van der Waals surface area contributed by atoms with E-state index in [1.54, 1.807) is 12.1 Å². The number of nitrogens with one attached hydrogen (secondary N) is 3. The minimum absolute atomic E-state index is 0.206. The number of aromatic amines is 1. The second-order valence-electron chi connectivity index (χ2n) is 8.49. The lowest BCUT2D eigenvalue weighted by Crippen LogP contribution is -2.27. The van der Waals surface area contributed by atoms with E-state index in [-0.39, 0.29) is 17.6 Å². The van der Waals surface area contributed by atoms with Gasteiger partial charge in [-0.25, -0.2) is 0 Å². The van der Waals surface area contributed by atoms with E-state index in [9.17, 15) is 9.59 Å². The number of H-pyrrole nitrogens is 1. The second-order valence-corrected chi connectivity index (χ2v) is 10.5. The summed E-state index contributed by atoms with van der Waals surface area (Å²) in [5, 5.41) is 4.54. The lowest BCUT2D eigenvalue weighted by molar-refractivity contribution is 0.0926. The molecule has 0 aliphatic carbocycles. The first kappa shape index (κ1) is 27.2. The van der Waals surface area contributed by atoms with Crippen molar-refractivity contribution in [2.75, 3.05) is 18.9 Å². The Morgan fingerprint density at radius 3 is 2.59 bits per heavy atom. The average molecular weight is 605 g/mol. The SMILES string of the molecule is Cc1cc(OCCCc2c(C(=O)NSCCNC(=O)c3ccc(Br)o3)[nH]c3ccccc23)cc(C)c1Cl. The third-order valence-electron chi connectivity index (χ3n) is 5.74. The summed E-state index contributed by atoms with van der Waals surface area (Å²) in [6.45, 7) is 4.82. The molecule has 194 valence electrons. The second kappa shape index (κ2) is 12.6. The molecule has 2 aromatic heterocycles. The Morgan fingerprint density at radius 2 is 1.86 bits per heavy atom. The molecule has 0 spiro atoms. The highest BCUT2D eigenvalue weighted by Crippen LogP contribution is 2.27. The number of aromatic nitrogens is 1. The van der Waals surface area contributed by atoms with Crippen LogP contribution in [0.2, 0.25) is 5.02 Å². The van der Waals surface area contributed by atoms with Gasteiger partial charge in [0.2, 0.25) is 0 Å². The van der Waals surface area contributed by atoms with Crippen molar-refractivity contribution in [1.82, 2.24) is 15.0 Å². The van der Waals surface area contributed by atoms with Crippen LogP contribution in [0.15, 0.2) is 57.6 Å². The molecule has 3 N–H and O–H groups in total. The third-order valence-corrected chi connectivity index (χ3v) is 7.50. The minimum Gasteiger partial charge on any atom is -0.494 e. The van der Waals surface area contributed by atoms with Gasteiger partial charge in [-0.15, -0.1) is 0 Å². The number of furan rings is 1. The summed E-state index contributed by atoms with van der Waals surface area (Å²) in [5.41, 5.74) is 4.37. The number of halogens is 2. The van der Waals surface area contributed by atoms with Crippen LogP contribution in [0.5, 0.6) is 5.75 Å². The first-order valence-electron chi connectivity index (χ1n) is 11.8. The summed E-state index contributed by atoms with van der Waals surface area (Å²) in [6, 6.07) is 15.0. The number of hydrogen-bond acceptors (Lipinski definition) is 5. The molecule has 37 heavy (non-hydrogen) atoms. The Bertz CT molecular complexity index is 1390. The van der Waals surface area contributed by atoms with Gasteiger partial charge in [0.15, 0.2) is 10.4 Å². The summed E-state index contributed by atoms with van der Waals surface area (Å²) >= 11 is 10.7. The Labute approximate surface area is 232 Å². The number of hydrogen-bond donors (Lipinski definition) is 3. The minimum atomic E-state index is -0.304. The summed E-state index contributed by atoms with van der Waals surface area (Å²) in [7, 11) is 0. The van der Waals surface area contributed by atoms with Crippen molar-refractivity contribution in [3.8, 4) is 5.75 Å². The van der Waals surface area contributed by atoms with Gasteiger partial charge in [-0.05, 0) is 102 Å². The van der Waals surface area contributed by atoms with Gasteiger partial charge in [0.05, 0.1) is 6.61 Å². The smallest absolute Gasteiger partial charge is 0.287 e. The molecule has 0 radical (unpaired) electrons. The molecule has 0 unspecified atom stereocenters. The number of ether oxygens (including phenoxy) is 1. The van der Waals surface area contributed by atoms with E-state index >= 15 is 0 Å². The summed E-state index contributed by atoms with van der Waals surface area (Å²) in [5.74, 6) is 1.01. The van der Waals surface area contributed by atoms with Gasteiger partial charge >= 0.3 is 0 Å². The number of rotatable bonds is 11. The fraction of sp³-hybridized carbons (Fsp3) is 0.259. The standard InChI is InChI=1S/C27H27BrClN3O4S/c1-16-14-18(15-17(2)24(16)29)35-12-5-7-20-19-6-3-4-8-21(19)31-25(20)27(34)32-37-13-11-30-26(33)22-9-10-23(28)36-22/h3-4,6,8-10,14-15,31H,5,7,11-13H2,1-2H3,(H,30,33)(H,32,34). The first-order chi connectivity index (χ1) is 17.8. The van der Waals surface area contributed by atoms with Crippen molar-refractivity contribution in [3.05, 3.63) is 86.4 Å². The normalized spacial score (nSPS) is 11.0. The molecule has 0 bridgehead atoms. The van der Waals surface area contributed by atoms with Crippen LogP contribution in [-0.2, 0) is 6.42 Å². The maximum atomic E-state index is 13.0. The van der Waals surface area contributed by atoms with Gasteiger partial charge in [0.25, 0.3) is 11.8 Å². The van der Waals surface area contributed by atoms with Crippen LogP contribution < -0.4 is 14.8 Å². The zero-order chi connectivity index (χ0) is 26.4. The van der Waals surface area contributed by atoms with E-state index in [1.807, 2.05) is 50.2 Å². The molecule has 4 rings (SSSR count). The number of benzene rings is 2. The average Bonchev–Trinajstić information content (AvgIpc) is 3.48. The number of carbonyl (C=O) groups excluding carboxylic acids is 2. The molecule has 0 saturated heterocycles. The predicted octanol–water partition coefficient (Wildman–Crippen LogP) is 6.61. The highest BCUT2D eigenvalue weighted by atomic mass is 79.9. The molecule has 2 heterocycles. The number of aryl methyl sites for hydroxylation is 3. The highest BCUT2D eigenvalue weighted by Gasteiger charge is 2.18. The number of fused-ring (bicyclic) bond motifs is 1. The van der Waals surface area contributed by atoms with E-state index in [1.165, 1.54) is 11.9 Å². The number of amides is 2. The molecule has 7 nitrogen and oxygen atoms in total. The van der Waals surface area contributed by atoms with Crippen molar-refractivity contribution in [1.29, 1.82) is 0 Å². The van der Waals surface area contributed by atoms with Crippen molar-refractivity contribution in [2.45, 2.75) is 26.7 Å². The molecule has 0 aliphatic heterocycles. The molecular formula is C27H27BrClN3O4S. The number of para-hydroxylation sites is 1. The van der Waals surface area contributed by atoms with E-state index < -0.39 is 0 Å². The van der Waals surface area contributed by atoms with Gasteiger partial charge in [0, 0.05) is 28.2 Å². The van der Waals surface area contributed by atoms with Crippen LogP contribution in [0.25, 0.3) is 10.9 Å². The first-order valence-corrected chi connectivity index (χ1v) is 13.9. The van der Waals surface area contributed by atoms with Gasteiger partial charge in [0.1, 0.15) is 11.4 Å². The quantitative estimate of drug-likeness (QED) is 0.132. The zero-order valence-corrected chi connectivity index (χ0v) is 23.6.